The Labute approximate surface area is 137 Å². The van der Waals surface area contributed by atoms with Gasteiger partial charge in [0.2, 0.25) is 5.91 Å². The molecule has 23 heavy (non-hydrogen) atoms. The van der Waals surface area contributed by atoms with Gasteiger partial charge < -0.3 is 19.9 Å². The molecule has 1 aromatic rings. The molecule has 2 N–H and O–H groups in total. The predicted molar refractivity (Wildman–Crippen MR) is 81.9 cm³/mol. The summed E-state index contributed by atoms with van der Waals surface area (Å²) in [6.07, 6.45) is 1.95. The number of halogens is 1. The molecule has 1 rings (SSSR count). The fourth-order valence-corrected chi connectivity index (χ4v) is 1.81. The Hall–Kier alpha value is -2.54. The second-order valence-corrected chi connectivity index (χ2v) is 4.84. The first-order chi connectivity index (χ1) is 10.9. The number of methoxy groups -OCH3 is 2. The van der Waals surface area contributed by atoms with Gasteiger partial charge >= 0.3 is 11.9 Å². The van der Waals surface area contributed by atoms with Crippen LogP contribution in [0.2, 0.25) is 5.02 Å². The monoisotopic (exact) mass is 341 g/mol. The minimum absolute atomic E-state index is 0.0786. The minimum Gasteiger partial charge on any atom is -0.506 e. The van der Waals surface area contributed by atoms with Gasteiger partial charge in [0, 0.05) is 18.6 Å². The minimum atomic E-state index is -0.990. The van der Waals surface area contributed by atoms with Gasteiger partial charge in [0.25, 0.3) is 0 Å². The molecule has 0 aromatic heterocycles. The number of ether oxygens (including phenoxy) is 2. The highest BCUT2D eigenvalue weighted by molar-refractivity contribution is 6.32. The maximum absolute atomic E-state index is 11.8. The first kappa shape index (κ1) is 18.5. The third-order valence-corrected chi connectivity index (χ3v) is 3.14. The maximum atomic E-state index is 11.8. The lowest BCUT2D eigenvalue weighted by atomic mass is 10.1. The van der Waals surface area contributed by atoms with E-state index in [1.165, 1.54) is 26.4 Å². The van der Waals surface area contributed by atoms with Crippen molar-refractivity contribution in [2.24, 2.45) is 0 Å². The van der Waals surface area contributed by atoms with E-state index in [1.54, 1.807) is 6.07 Å². The van der Waals surface area contributed by atoms with E-state index in [-0.39, 0.29) is 17.2 Å². The molecule has 124 valence electrons. The van der Waals surface area contributed by atoms with Crippen LogP contribution < -0.4 is 5.32 Å². The quantitative estimate of drug-likeness (QED) is 0.590. The number of aromatic hydroxyl groups is 1. The van der Waals surface area contributed by atoms with E-state index in [1.807, 2.05) is 0 Å². The summed E-state index contributed by atoms with van der Waals surface area (Å²) >= 11 is 5.71. The third kappa shape index (κ3) is 5.99. The first-order valence-electron chi connectivity index (χ1n) is 6.49. The fourth-order valence-electron chi connectivity index (χ4n) is 1.69. The van der Waals surface area contributed by atoms with E-state index >= 15 is 0 Å². The topological polar surface area (TPSA) is 102 Å². The second-order valence-electron chi connectivity index (χ2n) is 4.43. The molecule has 0 aliphatic heterocycles. The molecule has 0 bridgehead atoms. The van der Waals surface area contributed by atoms with Gasteiger partial charge in [-0.3, -0.25) is 4.79 Å². The van der Waals surface area contributed by atoms with Gasteiger partial charge in [0.05, 0.1) is 19.2 Å². The van der Waals surface area contributed by atoms with Crippen LogP contribution in [0.5, 0.6) is 5.75 Å². The van der Waals surface area contributed by atoms with Crippen LogP contribution in [0, 0.1) is 0 Å². The van der Waals surface area contributed by atoms with E-state index in [0.717, 1.165) is 12.2 Å². The number of carbonyl (C=O) groups is 3. The van der Waals surface area contributed by atoms with E-state index < -0.39 is 23.9 Å². The molecule has 0 unspecified atom stereocenters. The van der Waals surface area contributed by atoms with Crippen molar-refractivity contribution in [1.29, 1.82) is 0 Å². The number of phenolic OH excluding ortho intramolecular Hbond substituents is 1. The molecule has 0 saturated carbocycles. The molecule has 0 aliphatic carbocycles. The largest absolute Gasteiger partial charge is 0.506 e. The number of hydrogen-bond donors (Lipinski definition) is 2. The van der Waals surface area contributed by atoms with Gasteiger partial charge in [-0.1, -0.05) is 17.7 Å². The summed E-state index contributed by atoms with van der Waals surface area (Å²) in [4.78, 5) is 34.4. The zero-order valence-electron chi connectivity index (χ0n) is 12.5. The van der Waals surface area contributed by atoms with Crippen molar-refractivity contribution in [3.05, 3.63) is 40.9 Å². The molecule has 0 spiro atoms. The van der Waals surface area contributed by atoms with Crippen LogP contribution in [0.1, 0.15) is 5.56 Å². The van der Waals surface area contributed by atoms with Crippen LogP contribution in [-0.4, -0.2) is 43.2 Å². The molecule has 1 amide bonds. The van der Waals surface area contributed by atoms with Crippen molar-refractivity contribution in [3.63, 3.8) is 0 Å². The lowest BCUT2D eigenvalue weighted by Gasteiger charge is -2.15. The number of amides is 1. The Balaban J connectivity index is 2.82. The molecular weight excluding hydrogens is 326 g/mol. The van der Waals surface area contributed by atoms with Crippen LogP contribution in [-0.2, 0) is 30.3 Å². The Kier molecular flexibility index (Phi) is 7.08. The fraction of sp³-hybridized carbons (Fsp3) is 0.267. The summed E-state index contributed by atoms with van der Waals surface area (Å²) in [5, 5.41) is 12.1. The highest BCUT2D eigenvalue weighted by Crippen LogP contribution is 2.24. The van der Waals surface area contributed by atoms with Gasteiger partial charge in [0.15, 0.2) is 0 Å². The van der Waals surface area contributed by atoms with Gasteiger partial charge in [-0.15, -0.1) is 0 Å². The molecule has 0 heterocycles. The van der Waals surface area contributed by atoms with E-state index in [9.17, 15) is 19.5 Å². The molecule has 7 nitrogen and oxygen atoms in total. The van der Waals surface area contributed by atoms with Gasteiger partial charge in [-0.2, -0.15) is 0 Å². The smallest absolute Gasteiger partial charge is 0.330 e. The molecule has 0 saturated heterocycles. The molecule has 0 aliphatic rings. The predicted octanol–water partition coefficient (Wildman–Crippen LogP) is 0.975. The second kappa shape index (κ2) is 8.79. The van der Waals surface area contributed by atoms with Crippen molar-refractivity contribution in [1.82, 2.24) is 5.32 Å². The zero-order chi connectivity index (χ0) is 17.4. The number of benzene rings is 1. The first-order valence-corrected chi connectivity index (χ1v) is 6.87. The van der Waals surface area contributed by atoms with Crippen LogP contribution >= 0.6 is 11.6 Å². The van der Waals surface area contributed by atoms with Crippen LogP contribution in [0.4, 0.5) is 0 Å². The zero-order valence-corrected chi connectivity index (χ0v) is 13.3. The number of hydrogen-bond acceptors (Lipinski definition) is 6. The average molecular weight is 342 g/mol. The molecule has 0 fully saturated rings. The Bertz CT molecular complexity index is 628. The van der Waals surface area contributed by atoms with Crippen LogP contribution in [0.15, 0.2) is 30.4 Å². The average Bonchev–Trinajstić information content (AvgIpc) is 2.54. The molecule has 1 atom stereocenters. The third-order valence-electron chi connectivity index (χ3n) is 2.82. The summed E-state index contributed by atoms with van der Waals surface area (Å²) in [6, 6.07) is 3.47. The van der Waals surface area contributed by atoms with E-state index in [2.05, 4.69) is 14.8 Å². The summed E-state index contributed by atoms with van der Waals surface area (Å²) in [5.74, 6) is -2.16. The van der Waals surface area contributed by atoms with Crippen molar-refractivity contribution in [2.75, 3.05) is 14.2 Å². The highest BCUT2D eigenvalue weighted by Gasteiger charge is 2.21. The molecule has 0 radical (unpaired) electrons. The van der Waals surface area contributed by atoms with Crippen LogP contribution in [0.25, 0.3) is 0 Å². The lowest BCUT2D eigenvalue weighted by molar-refractivity contribution is -0.144. The van der Waals surface area contributed by atoms with Crippen molar-refractivity contribution in [2.45, 2.75) is 12.5 Å². The number of esters is 2. The normalized spacial score (nSPS) is 11.8. The number of nitrogens with one attached hydrogen (secondary N) is 1. The SMILES string of the molecule is COC(=O)/C=C/C(=O)N[C@H](Cc1ccc(Cl)c(O)c1)C(=O)OC. The van der Waals surface area contributed by atoms with Crippen LogP contribution in [0.3, 0.4) is 0 Å². The number of carbonyl (C=O) groups excluding carboxylic acids is 3. The van der Waals surface area contributed by atoms with Gasteiger partial charge in [-0.05, 0) is 17.7 Å². The number of rotatable bonds is 6. The van der Waals surface area contributed by atoms with E-state index in [4.69, 9.17) is 11.6 Å². The summed E-state index contributed by atoms with van der Waals surface area (Å²) in [6.45, 7) is 0. The maximum Gasteiger partial charge on any atom is 0.330 e. The summed E-state index contributed by atoms with van der Waals surface area (Å²) in [5.41, 5.74) is 0.569. The summed E-state index contributed by atoms with van der Waals surface area (Å²) < 4.78 is 8.98. The van der Waals surface area contributed by atoms with Gasteiger partial charge in [-0.25, -0.2) is 9.59 Å². The standard InChI is InChI=1S/C15H16ClNO6/c1-22-14(20)6-5-13(19)17-11(15(21)23-2)7-9-3-4-10(16)12(18)8-9/h3-6,8,11,18H,7H2,1-2H3,(H,17,19)/b6-5+/t11-/m1/s1. The van der Waals surface area contributed by atoms with E-state index in [0.29, 0.717) is 5.56 Å². The molecule has 1 aromatic carbocycles. The molecular formula is C15H16ClNO6. The molecule has 8 heteroatoms. The number of phenols is 1. The van der Waals surface area contributed by atoms with Crippen molar-refractivity contribution >= 4 is 29.4 Å². The summed E-state index contributed by atoms with van der Waals surface area (Å²) in [7, 11) is 2.36. The lowest BCUT2D eigenvalue weighted by Crippen LogP contribution is -2.42. The Morgan fingerprint density at radius 1 is 1.26 bits per heavy atom. The highest BCUT2D eigenvalue weighted by atomic mass is 35.5. The Morgan fingerprint density at radius 3 is 2.52 bits per heavy atom. The van der Waals surface area contributed by atoms with Gasteiger partial charge in [0.1, 0.15) is 11.8 Å². The Morgan fingerprint density at radius 2 is 1.96 bits per heavy atom. The van der Waals surface area contributed by atoms with Crippen molar-refractivity contribution < 1.29 is 29.0 Å². The van der Waals surface area contributed by atoms with Crippen molar-refractivity contribution in [3.8, 4) is 5.75 Å².